The molecule has 1 aliphatic heterocycles. The summed E-state index contributed by atoms with van der Waals surface area (Å²) in [7, 11) is 0. The van der Waals surface area contributed by atoms with Crippen LogP contribution >= 0.6 is 11.3 Å². The maximum atomic E-state index is 13.6. The van der Waals surface area contributed by atoms with Crippen LogP contribution in [0, 0.1) is 5.92 Å². The van der Waals surface area contributed by atoms with Gasteiger partial charge in [-0.25, -0.2) is 0 Å². The van der Waals surface area contributed by atoms with Gasteiger partial charge in [0.05, 0.1) is 11.1 Å². The summed E-state index contributed by atoms with van der Waals surface area (Å²) in [6.45, 7) is 5.19. The van der Waals surface area contributed by atoms with Gasteiger partial charge >= 0.3 is 0 Å². The molecule has 1 saturated heterocycles. The second kappa shape index (κ2) is 8.03. The SMILES string of the molecule is C[C@H]1CCN(C(=O)c2c(NC(=O)c3cccnc3)sc3c2CCCC3)[C@@H](C)C1. The first-order valence-corrected chi connectivity index (χ1v) is 11.0. The third-order valence-corrected chi connectivity index (χ3v) is 7.14. The van der Waals surface area contributed by atoms with E-state index in [0.29, 0.717) is 16.5 Å². The van der Waals surface area contributed by atoms with Crippen molar-refractivity contribution in [1.29, 1.82) is 0 Å². The van der Waals surface area contributed by atoms with Crippen molar-refractivity contribution in [3.63, 3.8) is 0 Å². The summed E-state index contributed by atoms with van der Waals surface area (Å²) >= 11 is 1.58. The summed E-state index contributed by atoms with van der Waals surface area (Å²) in [5.41, 5.74) is 2.40. The van der Waals surface area contributed by atoms with E-state index in [-0.39, 0.29) is 17.9 Å². The number of aromatic nitrogens is 1. The van der Waals surface area contributed by atoms with Crippen molar-refractivity contribution < 1.29 is 9.59 Å². The highest BCUT2D eigenvalue weighted by atomic mass is 32.1. The fourth-order valence-electron chi connectivity index (χ4n) is 4.41. The van der Waals surface area contributed by atoms with Crippen LogP contribution in [-0.4, -0.2) is 34.3 Å². The molecular weight excluding hydrogens is 370 g/mol. The van der Waals surface area contributed by atoms with Gasteiger partial charge in [-0.2, -0.15) is 0 Å². The lowest BCUT2D eigenvalue weighted by molar-refractivity contribution is 0.0589. The molecule has 6 heteroatoms. The van der Waals surface area contributed by atoms with Crippen molar-refractivity contribution in [2.45, 2.75) is 58.4 Å². The molecule has 0 spiro atoms. The molecule has 5 nitrogen and oxygen atoms in total. The van der Waals surface area contributed by atoms with E-state index in [2.05, 4.69) is 24.1 Å². The van der Waals surface area contributed by atoms with Crippen molar-refractivity contribution >= 4 is 28.2 Å². The number of nitrogens with zero attached hydrogens (tertiary/aromatic N) is 2. The molecule has 2 aromatic rings. The number of piperidine rings is 1. The summed E-state index contributed by atoms with van der Waals surface area (Å²) in [4.78, 5) is 33.6. The van der Waals surface area contributed by atoms with Crippen molar-refractivity contribution in [3.8, 4) is 0 Å². The highest BCUT2D eigenvalue weighted by molar-refractivity contribution is 7.17. The average Bonchev–Trinajstić information content (AvgIpc) is 3.06. The normalized spacial score (nSPS) is 21.9. The van der Waals surface area contributed by atoms with Crippen molar-refractivity contribution in [2.75, 3.05) is 11.9 Å². The second-order valence-electron chi connectivity index (χ2n) is 8.09. The Balaban J connectivity index is 1.66. The number of fused-ring (bicyclic) bond motifs is 1. The fourth-order valence-corrected chi connectivity index (χ4v) is 5.68. The number of amides is 2. The van der Waals surface area contributed by atoms with Crippen LogP contribution in [0.3, 0.4) is 0 Å². The summed E-state index contributed by atoms with van der Waals surface area (Å²) in [6.07, 6.45) is 9.45. The Morgan fingerprint density at radius 2 is 2.07 bits per heavy atom. The lowest BCUT2D eigenvalue weighted by Gasteiger charge is -2.37. The number of anilines is 1. The number of pyridine rings is 1. The van der Waals surface area contributed by atoms with Gasteiger partial charge in [0.15, 0.2) is 0 Å². The number of rotatable bonds is 3. The number of thiophene rings is 1. The first kappa shape index (κ1) is 19.1. The van der Waals surface area contributed by atoms with Gasteiger partial charge in [-0.15, -0.1) is 11.3 Å². The summed E-state index contributed by atoms with van der Waals surface area (Å²) in [5, 5.41) is 3.72. The maximum Gasteiger partial charge on any atom is 0.257 e. The molecule has 2 aromatic heterocycles. The molecule has 1 N–H and O–H groups in total. The number of aryl methyl sites for hydroxylation is 1. The Hall–Kier alpha value is -2.21. The fraction of sp³-hybridized carbons (Fsp3) is 0.500. The largest absolute Gasteiger partial charge is 0.336 e. The van der Waals surface area contributed by atoms with Gasteiger partial charge < -0.3 is 10.2 Å². The Morgan fingerprint density at radius 1 is 1.25 bits per heavy atom. The molecule has 2 aliphatic rings. The molecule has 1 aliphatic carbocycles. The molecule has 0 saturated carbocycles. The average molecular weight is 398 g/mol. The van der Waals surface area contributed by atoms with Gasteiger partial charge in [0.2, 0.25) is 0 Å². The van der Waals surface area contributed by atoms with E-state index in [4.69, 9.17) is 0 Å². The van der Waals surface area contributed by atoms with E-state index in [0.717, 1.165) is 56.2 Å². The van der Waals surface area contributed by atoms with Crippen LogP contribution in [0.15, 0.2) is 24.5 Å². The van der Waals surface area contributed by atoms with Gasteiger partial charge in [0.25, 0.3) is 11.8 Å². The number of likely N-dealkylation sites (tertiary alicyclic amines) is 1. The van der Waals surface area contributed by atoms with Crippen molar-refractivity contribution in [1.82, 2.24) is 9.88 Å². The third kappa shape index (κ3) is 3.70. The lowest BCUT2D eigenvalue weighted by atomic mass is 9.91. The Morgan fingerprint density at radius 3 is 2.82 bits per heavy atom. The van der Waals surface area contributed by atoms with E-state index in [1.54, 1.807) is 35.9 Å². The van der Waals surface area contributed by atoms with Crippen LogP contribution < -0.4 is 5.32 Å². The molecular formula is C22H27N3O2S. The molecule has 1 fully saturated rings. The molecule has 0 aromatic carbocycles. The highest BCUT2D eigenvalue weighted by Crippen LogP contribution is 2.40. The summed E-state index contributed by atoms with van der Waals surface area (Å²) in [6, 6.07) is 3.72. The van der Waals surface area contributed by atoms with E-state index in [1.807, 2.05) is 4.90 Å². The Kier molecular flexibility index (Phi) is 5.49. The molecule has 2 atom stereocenters. The zero-order valence-corrected chi connectivity index (χ0v) is 17.3. The standard InChI is InChI=1S/C22H27N3O2S/c1-14-9-11-25(15(2)12-14)22(27)19-17-7-3-4-8-18(17)28-21(19)24-20(26)16-6-5-10-23-13-16/h5-6,10,13-15H,3-4,7-9,11-12H2,1-2H3,(H,24,26)/t14-,15-/m0/s1. The van der Waals surface area contributed by atoms with Crippen LogP contribution in [0.4, 0.5) is 5.00 Å². The molecule has 28 heavy (non-hydrogen) atoms. The van der Waals surface area contributed by atoms with E-state index < -0.39 is 0 Å². The number of nitrogens with one attached hydrogen (secondary N) is 1. The number of hydrogen-bond acceptors (Lipinski definition) is 4. The molecule has 3 heterocycles. The van der Waals surface area contributed by atoms with Crippen LogP contribution in [0.1, 0.15) is 70.7 Å². The third-order valence-electron chi connectivity index (χ3n) is 5.94. The molecule has 148 valence electrons. The monoisotopic (exact) mass is 397 g/mol. The lowest BCUT2D eigenvalue weighted by Crippen LogP contribution is -2.44. The smallest absolute Gasteiger partial charge is 0.257 e. The second-order valence-corrected chi connectivity index (χ2v) is 9.19. The van der Waals surface area contributed by atoms with Crippen molar-refractivity contribution in [2.24, 2.45) is 5.92 Å². The van der Waals surface area contributed by atoms with Gasteiger partial charge in [-0.3, -0.25) is 14.6 Å². The minimum atomic E-state index is -0.207. The quantitative estimate of drug-likeness (QED) is 0.827. The van der Waals surface area contributed by atoms with Crippen LogP contribution in [0.25, 0.3) is 0 Å². The summed E-state index contributed by atoms with van der Waals surface area (Å²) < 4.78 is 0. The topological polar surface area (TPSA) is 62.3 Å². The minimum absolute atomic E-state index is 0.0836. The highest BCUT2D eigenvalue weighted by Gasteiger charge is 2.33. The van der Waals surface area contributed by atoms with Crippen molar-refractivity contribution in [3.05, 3.63) is 46.1 Å². The zero-order chi connectivity index (χ0) is 19.7. The summed E-state index contributed by atoms with van der Waals surface area (Å²) in [5.74, 6) is 0.529. The van der Waals surface area contributed by atoms with Crippen LogP contribution in [0.2, 0.25) is 0 Å². The van der Waals surface area contributed by atoms with Gasteiger partial charge in [-0.05, 0) is 69.1 Å². The number of carbonyl (C=O) groups excluding carboxylic acids is 2. The Labute approximate surface area is 170 Å². The first-order valence-electron chi connectivity index (χ1n) is 10.2. The predicted octanol–water partition coefficient (Wildman–Crippen LogP) is 4.53. The first-order chi connectivity index (χ1) is 13.5. The molecule has 0 unspecified atom stereocenters. The van der Waals surface area contributed by atoms with E-state index in [9.17, 15) is 9.59 Å². The minimum Gasteiger partial charge on any atom is -0.336 e. The van der Waals surface area contributed by atoms with Crippen LogP contribution in [-0.2, 0) is 12.8 Å². The van der Waals surface area contributed by atoms with Gasteiger partial charge in [-0.1, -0.05) is 6.92 Å². The predicted molar refractivity (Wildman–Crippen MR) is 112 cm³/mol. The molecule has 2 amide bonds. The zero-order valence-electron chi connectivity index (χ0n) is 16.5. The molecule has 4 rings (SSSR count). The van der Waals surface area contributed by atoms with E-state index in [1.165, 1.54) is 4.88 Å². The van der Waals surface area contributed by atoms with E-state index >= 15 is 0 Å². The molecule has 0 radical (unpaired) electrons. The van der Waals surface area contributed by atoms with Crippen LogP contribution in [0.5, 0.6) is 0 Å². The maximum absolute atomic E-state index is 13.6. The Bertz CT molecular complexity index is 877. The van der Waals surface area contributed by atoms with Gasteiger partial charge in [0, 0.05) is 29.9 Å². The van der Waals surface area contributed by atoms with Gasteiger partial charge in [0.1, 0.15) is 5.00 Å². The number of hydrogen-bond donors (Lipinski definition) is 1. The number of carbonyl (C=O) groups is 2. The molecule has 0 bridgehead atoms.